The normalized spacial score (nSPS) is 16.3. The fourth-order valence-corrected chi connectivity index (χ4v) is 4.32. The Morgan fingerprint density at radius 2 is 1.95 bits per heavy atom. The number of benzene rings is 1. The van der Waals surface area contributed by atoms with E-state index in [1.165, 1.54) is 0 Å². The number of sulfonamides is 1. The van der Waals surface area contributed by atoms with Crippen LogP contribution in [0.4, 0.5) is 5.69 Å². The van der Waals surface area contributed by atoms with E-state index in [1.54, 1.807) is 4.31 Å². The lowest BCUT2D eigenvalue weighted by Crippen LogP contribution is -2.34. The minimum Gasteiger partial charge on any atom is -0.270 e. The van der Waals surface area contributed by atoms with Gasteiger partial charge in [-0.3, -0.25) is 4.31 Å². The Morgan fingerprint density at radius 1 is 1.21 bits per heavy atom. The van der Waals surface area contributed by atoms with E-state index in [0.29, 0.717) is 12.5 Å². The lowest BCUT2D eigenvalue weighted by Gasteiger charge is -2.24. The van der Waals surface area contributed by atoms with Crippen molar-refractivity contribution in [3.63, 3.8) is 0 Å². The highest BCUT2D eigenvalue weighted by Crippen LogP contribution is 2.28. The predicted molar refractivity (Wildman–Crippen MR) is 80.0 cm³/mol. The number of nitrogens with zero attached hydrogens (tertiary/aromatic N) is 1. The first-order valence-electron chi connectivity index (χ1n) is 7.09. The number of aryl methyl sites for hydroxylation is 1. The van der Waals surface area contributed by atoms with Crippen LogP contribution in [-0.2, 0) is 16.4 Å². The van der Waals surface area contributed by atoms with Crippen molar-refractivity contribution in [2.75, 3.05) is 16.6 Å². The van der Waals surface area contributed by atoms with Gasteiger partial charge in [-0.15, -0.1) is 0 Å². The maximum Gasteiger partial charge on any atom is 0.235 e. The molecule has 0 amide bonds. The van der Waals surface area contributed by atoms with Crippen LogP contribution in [0.15, 0.2) is 24.3 Å². The summed E-state index contributed by atoms with van der Waals surface area (Å²) in [5.41, 5.74) is 2.05. The third-order valence-electron chi connectivity index (χ3n) is 3.61. The number of rotatable bonds is 4. The maximum atomic E-state index is 12.5. The van der Waals surface area contributed by atoms with E-state index >= 15 is 0 Å². The van der Waals surface area contributed by atoms with Crippen molar-refractivity contribution in [3.05, 3.63) is 29.8 Å². The average molecular weight is 281 g/mol. The molecule has 1 aromatic carbocycles. The topological polar surface area (TPSA) is 37.4 Å². The second kappa shape index (κ2) is 5.95. The van der Waals surface area contributed by atoms with Gasteiger partial charge < -0.3 is 0 Å². The number of para-hydroxylation sites is 1. The Morgan fingerprint density at radius 3 is 2.68 bits per heavy atom. The van der Waals surface area contributed by atoms with Crippen molar-refractivity contribution in [1.82, 2.24) is 0 Å². The molecule has 0 atom stereocenters. The molecular weight excluding hydrogens is 258 g/mol. The monoisotopic (exact) mass is 281 g/mol. The average Bonchev–Trinajstić information content (AvgIpc) is 2.59. The smallest absolute Gasteiger partial charge is 0.235 e. The van der Waals surface area contributed by atoms with Gasteiger partial charge in [0.1, 0.15) is 0 Å². The molecule has 106 valence electrons. The zero-order valence-corrected chi connectivity index (χ0v) is 12.6. The van der Waals surface area contributed by atoms with Gasteiger partial charge in [0.15, 0.2) is 0 Å². The molecule has 0 aromatic heterocycles. The van der Waals surface area contributed by atoms with Crippen molar-refractivity contribution in [2.24, 2.45) is 5.92 Å². The van der Waals surface area contributed by atoms with E-state index < -0.39 is 10.0 Å². The Labute approximate surface area is 116 Å². The fourth-order valence-electron chi connectivity index (χ4n) is 2.44. The van der Waals surface area contributed by atoms with Gasteiger partial charge in [0, 0.05) is 6.54 Å². The first kappa shape index (κ1) is 14.4. The van der Waals surface area contributed by atoms with Crippen LogP contribution in [-0.4, -0.2) is 20.7 Å². The summed E-state index contributed by atoms with van der Waals surface area (Å²) in [5, 5.41) is 0. The summed E-state index contributed by atoms with van der Waals surface area (Å²) in [5.74, 6) is 0.663. The van der Waals surface area contributed by atoms with Gasteiger partial charge in [-0.2, -0.15) is 0 Å². The summed E-state index contributed by atoms with van der Waals surface area (Å²) in [4.78, 5) is 0. The molecule has 1 heterocycles. The highest BCUT2D eigenvalue weighted by Gasteiger charge is 2.25. The van der Waals surface area contributed by atoms with Crippen molar-refractivity contribution < 1.29 is 8.42 Å². The Bertz CT molecular complexity index is 523. The number of fused-ring (bicyclic) bond motifs is 1. The molecule has 0 N–H and O–H groups in total. The number of anilines is 1. The van der Waals surface area contributed by atoms with Crippen LogP contribution in [0.5, 0.6) is 0 Å². The SMILES string of the molecule is CC(C)CCS(=O)(=O)N1CCCCc2ccccc21. The molecule has 1 aliphatic heterocycles. The van der Waals surface area contributed by atoms with Gasteiger partial charge in [-0.25, -0.2) is 8.42 Å². The van der Waals surface area contributed by atoms with Crippen LogP contribution >= 0.6 is 0 Å². The van der Waals surface area contributed by atoms with E-state index in [-0.39, 0.29) is 5.75 Å². The molecule has 1 aliphatic rings. The van der Waals surface area contributed by atoms with Gasteiger partial charge in [0.25, 0.3) is 0 Å². The van der Waals surface area contributed by atoms with Crippen molar-refractivity contribution in [1.29, 1.82) is 0 Å². The van der Waals surface area contributed by atoms with Crippen molar-refractivity contribution in [2.45, 2.75) is 39.5 Å². The van der Waals surface area contributed by atoms with Gasteiger partial charge in [0.2, 0.25) is 10.0 Å². The van der Waals surface area contributed by atoms with Crippen LogP contribution in [0.25, 0.3) is 0 Å². The summed E-state index contributed by atoms with van der Waals surface area (Å²) >= 11 is 0. The third-order valence-corrected chi connectivity index (χ3v) is 5.41. The second-order valence-corrected chi connectivity index (χ2v) is 7.67. The van der Waals surface area contributed by atoms with Crippen molar-refractivity contribution in [3.8, 4) is 0 Å². The van der Waals surface area contributed by atoms with Gasteiger partial charge >= 0.3 is 0 Å². The van der Waals surface area contributed by atoms with E-state index in [2.05, 4.69) is 13.8 Å². The first-order chi connectivity index (χ1) is 9.00. The van der Waals surface area contributed by atoms with E-state index in [4.69, 9.17) is 0 Å². The minimum atomic E-state index is -3.18. The highest BCUT2D eigenvalue weighted by atomic mass is 32.2. The zero-order chi connectivity index (χ0) is 13.9. The molecule has 1 aromatic rings. The molecule has 0 aliphatic carbocycles. The third kappa shape index (κ3) is 3.50. The molecular formula is C15H23NO2S. The van der Waals surface area contributed by atoms with Crippen LogP contribution in [0.2, 0.25) is 0 Å². The van der Waals surface area contributed by atoms with Gasteiger partial charge in [-0.05, 0) is 43.2 Å². The molecule has 3 nitrogen and oxygen atoms in total. The van der Waals surface area contributed by atoms with Gasteiger partial charge in [0.05, 0.1) is 11.4 Å². The van der Waals surface area contributed by atoms with Crippen LogP contribution in [0.1, 0.15) is 38.7 Å². The summed E-state index contributed by atoms with van der Waals surface area (Å²) in [6.07, 6.45) is 3.70. The molecule has 4 heteroatoms. The predicted octanol–water partition coefficient (Wildman–Crippen LogP) is 3.21. The standard InChI is InChI=1S/C15H23NO2S/c1-13(2)10-12-19(17,18)16-11-6-5-8-14-7-3-4-9-15(14)16/h3-4,7,9,13H,5-6,8,10-12H2,1-2H3. The Hall–Kier alpha value is -1.03. The molecule has 2 rings (SSSR count). The maximum absolute atomic E-state index is 12.5. The van der Waals surface area contributed by atoms with Crippen LogP contribution in [0, 0.1) is 5.92 Å². The molecule has 0 bridgehead atoms. The van der Waals surface area contributed by atoms with Gasteiger partial charge in [-0.1, -0.05) is 32.0 Å². The summed E-state index contributed by atoms with van der Waals surface area (Å²) in [6.45, 7) is 4.75. The zero-order valence-electron chi connectivity index (χ0n) is 11.8. The van der Waals surface area contributed by atoms with Crippen LogP contribution < -0.4 is 4.31 Å². The highest BCUT2D eigenvalue weighted by molar-refractivity contribution is 7.92. The largest absolute Gasteiger partial charge is 0.270 e. The summed E-state index contributed by atoms with van der Waals surface area (Å²) in [6, 6.07) is 7.90. The fraction of sp³-hybridized carbons (Fsp3) is 0.600. The second-order valence-electron chi connectivity index (χ2n) is 5.66. The summed E-state index contributed by atoms with van der Waals surface area (Å²) < 4.78 is 26.7. The first-order valence-corrected chi connectivity index (χ1v) is 8.70. The Kier molecular flexibility index (Phi) is 4.50. The van der Waals surface area contributed by atoms with E-state index in [9.17, 15) is 8.42 Å². The van der Waals surface area contributed by atoms with E-state index in [0.717, 1.165) is 36.9 Å². The van der Waals surface area contributed by atoms with E-state index in [1.807, 2.05) is 24.3 Å². The quantitative estimate of drug-likeness (QED) is 0.850. The lowest BCUT2D eigenvalue weighted by molar-refractivity contribution is 0.568. The molecule has 0 saturated carbocycles. The molecule has 0 radical (unpaired) electrons. The minimum absolute atomic E-state index is 0.249. The van der Waals surface area contributed by atoms with Crippen LogP contribution in [0.3, 0.4) is 0 Å². The Balaban J connectivity index is 2.28. The lowest BCUT2D eigenvalue weighted by atomic mass is 10.1. The molecule has 0 spiro atoms. The number of hydrogen-bond acceptors (Lipinski definition) is 2. The molecule has 19 heavy (non-hydrogen) atoms. The molecule has 0 unspecified atom stereocenters. The number of hydrogen-bond donors (Lipinski definition) is 0. The molecule has 0 saturated heterocycles. The van der Waals surface area contributed by atoms with Crippen molar-refractivity contribution >= 4 is 15.7 Å². The summed E-state index contributed by atoms with van der Waals surface area (Å²) in [7, 11) is -3.18. The molecule has 0 fully saturated rings.